The van der Waals surface area contributed by atoms with Crippen LogP contribution in [0.15, 0.2) is 12.1 Å². The SMILES string of the molecule is CCCCCCCCc1cc(C)nc(COC(C)=O)c1. The first-order valence-electron chi connectivity index (χ1n) is 7.71. The van der Waals surface area contributed by atoms with Crippen molar-refractivity contribution in [3.63, 3.8) is 0 Å². The van der Waals surface area contributed by atoms with Crippen molar-refractivity contribution in [1.29, 1.82) is 0 Å². The summed E-state index contributed by atoms with van der Waals surface area (Å²) in [7, 11) is 0. The number of carbonyl (C=O) groups is 1. The maximum absolute atomic E-state index is 10.8. The number of aromatic nitrogens is 1. The fraction of sp³-hybridized carbons (Fsp3) is 0.647. The lowest BCUT2D eigenvalue weighted by Crippen LogP contribution is -2.03. The molecule has 0 amide bonds. The first kappa shape index (κ1) is 16.7. The minimum atomic E-state index is -0.259. The molecule has 0 aromatic carbocycles. The lowest BCUT2D eigenvalue weighted by molar-refractivity contribution is -0.142. The minimum absolute atomic E-state index is 0.259. The second-order valence-electron chi connectivity index (χ2n) is 5.41. The molecule has 0 aliphatic carbocycles. The normalized spacial score (nSPS) is 10.6. The zero-order valence-corrected chi connectivity index (χ0v) is 13.1. The number of rotatable bonds is 9. The van der Waals surface area contributed by atoms with Gasteiger partial charge in [-0.2, -0.15) is 0 Å². The maximum Gasteiger partial charge on any atom is 0.303 e. The molecular weight excluding hydrogens is 250 g/mol. The van der Waals surface area contributed by atoms with Crippen molar-refractivity contribution >= 4 is 5.97 Å². The van der Waals surface area contributed by atoms with E-state index in [-0.39, 0.29) is 12.6 Å². The Labute approximate surface area is 122 Å². The first-order valence-corrected chi connectivity index (χ1v) is 7.71. The van der Waals surface area contributed by atoms with Crippen molar-refractivity contribution in [2.24, 2.45) is 0 Å². The summed E-state index contributed by atoms with van der Waals surface area (Å²) >= 11 is 0. The largest absolute Gasteiger partial charge is 0.459 e. The van der Waals surface area contributed by atoms with E-state index in [4.69, 9.17) is 4.74 Å². The zero-order valence-electron chi connectivity index (χ0n) is 13.1. The van der Waals surface area contributed by atoms with E-state index in [1.165, 1.54) is 51.0 Å². The van der Waals surface area contributed by atoms with E-state index >= 15 is 0 Å². The number of nitrogens with zero attached hydrogens (tertiary/aromatic N) is 1. The van der Waals surface area contributed by atoms with Crippen LogP contribution in [0.2, 0.25) is 0 Å². The van der Waals surface area contributed by atoms with Crippen LogP contribution in [0.1, 0.15) is 69.3 Å². The predicted octanol–water partition coefficient (Wildman–Crippen LogP) is 4.36. The van der Waals surface area contributed by atoms with Crippen LogP contribution in [0.5, 0.6) is 0 Å². The molecule has 1 rings (SSSR count). The van der Waals surface area contributed by atoms with Gasteiger partial charge in [-0.25, -0.2) is 0 Å². The quantitative estimate of drug-likeness (QED) is 0.497. The van der Waals surface area contributed by atoms with Gasteiger partial charge >= 0.3 is 5.97 Å². The molecule has 1 aromatic heterocycles. The molecule has 0 N–H and O–H groups in total. The molecule has 3 nitrogen and oxygen atoms in total. The van der Waals surface area contributed by atoms with Gasteiger partial charge in [0.25, 0.3) is 0 Å². The summed E-state index contributed by atoms with van der Waals surface area (Å²) in [5.74, 6) is -0.259. The molecule has 0 atom stereocenters. The Hall–Kier alpha value is -1.38. The van der Waals surface area contributed by atoms with Gasteiger partial charge in [0, 0.05) is 12.6 Å². The van der Waals surface area contributed by atoms with Crippen molar-refractivity contribution in [3.8, 4) is 0 Å². The molecule has 0 spiro atoms. The van der Waals surface area contributed by atoms with E-state index in [0.717, 1.165) is 17.8 Å². The number of aryl methyl sites for hydroxylation is 2. The van der Waals surface area contributed by atoms with Gasteiger partial charge in [0.05, 0.1) is 5.69 Å². The second kappa shape index (κ2) is 9.51. The second-order valence-corrected chi connectivity index (χ2v) is 5.41. The molecule has 0 saturated heterocycles. The number of esters is 1. The zero-order chi connectivity index (χ0) is 14.8. The fourth-order valence-corrected chi connectivity index (χ4v) is 2.32. The van der Waals surface area contributed by atoms with Gasteiger partial charge in [-0.15, -0.1) is 0 Å². The summed E-state index contributed by atoms with van der Waals surface area (Å²) in [5.41, 5.74) is 3.15. The van der Waals surface area contributed by atoms with Crippen LogP contribution in [0.25, 0.3) is 0 Å². The van der Waals surface area contributed by atoms with E-state index in [1.807, 2.05) is 6.92 Å². The topological polar surface area (TPSA) is 39.2 Å². The molecule has 112 valence electrons. The smallest absolute Gasteiger partial charge is 0.303 e. The third-order valence-electron chi connectivity index (χ3n) is 3.31. The summed E-state index contributed by atoms with van der Waals surface area (Å²) < 4.78 is 5.01. The van der Waals surface area contributed by atoms with Gasteiger partial charge in [-0.3, -0.25) is 9.78 Å². The summed E-state index contributed by atoms with van der Waals surface area (Å²) in [6, 6.07) is 4.19. The van der Waals surface area contributed by atoms with E-state index in [9.17, 15) is 4.79 Å². The summed E-state index contributed by atoms with van der Waals surface area (Å²) in [6.07, 6.45) is 8.93. The van der Waals surface area contributed by atoms with Gasteiger partial charge in [-0.05, 0) is 37.5 Å². The van der Waals surface area contributed by atoms with Crippen LogP contribution < -0.4 is 0 Å². The van der Waals surface area contributed by atoms with E-state index in [1.54, 1.807) is 0 Å². The van der Waals surface area contributed by atoms with Crippen LogP contribution in [0.4, 0.5) is 0 Å². The Kier molecular flexibility index (Phi) is 7.93. The number of pyridine rings is 1. The van der Waals surface area contributed by atoms with Crippen molar-refractivity contribution < 1.29 is 9.53 Å². The summed E-state index contributed by atoms with van der Waals surface area (Å²) in [6.45, 7) is 5.93. The molecule has 0 fully saturated rings. The average Bonchev–Trinajstić information content (AvgIpc) is 2.40. The Morgan fingerprint density at radius 3 is 2.55 bits per heavy atom. The Morgan fingerprint density at radius 1 is 1.15 bits per heavy atom. The molecule has 1 heterocycles. The highest BCUT2D eigenvalue weighted by Gasteiger charge is 2.03. The summed E-state index contributed by atoms with van der Waals surface area (Å²) in [4.78, 5) is 15.2. The highest BCUT2D eigenvalue weighted by molar-refractivity contribution is 5.65. The van der Waals surface area contributed by atoms with Crippen molar-refractivity contribution in [2.45, 2.75) is 72.3 Å². The maximum atomic E-state index is 10.8. The van der Waals surface area contributed by atoms with Crippen molar-refractivity contribution in [2.75, 3.05) is 0 Å². The Morgan fingerprint density at radius 2 is 1.85 bits per heavy atom. The highest BCUT2D eigenvalue weighted by atomic mass is 16.5. The van der Waals surface area contributed by atoms with E-state index in [2.05, 4.69) is 24.0 Å². The van der Waals surface area contributed by atoms with Crippen molar-refractivity contribution in [1.82, 2.24) is 4.98 Å². The van der Waals surface area contributed by atoms with Gasteiger partial charge in [0.1, 0.15) is 6.61 Å². The monoisotopic (exact) mass is 277 g/mol. The number of ether oxygens (including phenoxy) is 1. The van der Waals surface area contributed by atoms with Gasteiger partial charge < -0.3 is 4.74 Å². The number of hydrogen-bond donors (Lipinski definition) is 0. The Bertz CT molecular complexity index is 415. The van der Waals surface area contributed by atoms with Crippen LogP contribution >= 0.6 is 0 Å². The van der Waals surface area contributed by atoms with Gasteiger partial charge in [0.2, 0.25) is 0 Å². The molecule has 0 unspecified atom stereocenters. The summed E-state index contributed by atoms with van der Waals surface area (Å²) in [5, 5.41) is 0. The number of hydrogen-bond acceptors (Lipinski definition) is 3. The molecule has 3 heteroatoms. The first-order chi connectivity index (χ1) is 9.61. The lowest BCUT2D eigenvalue weighted by atomic mass is 10.0. The third kappa shape index (κ3) is 7.27. The molecule has 1 aromatic rings. The molecule has 0 radical (unpaired) electrons. The minimum Gasteiger partial charge on any atom is -0.459 e. The molecule has 0 bridgehead atoms. The van der Waals surface area contributed by atoms with E-state index < -0.39 is 0 Å². The highest BCUT2D eigenvalue weighted by Crippen LogP contribution is 2.12. The van der Waals surface area contributed by atoms with Gasteiger partial charge in [-0.1, -0.05) is 39.0 Å². The van der Waals surface area contributed by atoms with Crippen molar-refractivity contribution in [3.05, 3.63) is 29.1 Å². The van der Waals surface area contributed by atoms with Crippen LogP contribution in [-0.2, 0) is 22.6 Å². The number of carbonyl (C=O) groups excluding carboxylic acids is 1. The van der Waals surface area contributed by atoms with Crippen LogP contribution in [0.3, 0.4) is 0 Å². The average molecular weight is 277 g/mol. The van der Waals surface area contributed by atoms with Crippen LogP contribution in [0, 0.1) is 6.92 Å². The number of unbranched alkanes of at least 4 members (excludes halogenated alkanes) is 5. The molecule has 0 aliphatic heterocycles. The standard InChI is InChI=1S/C17H27NO2/c1-4-5-6-7-8-9-10-16-11-14(2)18-17(12-16)13-20-15(3)19/h11-12H,4-10,13H2,1-3H3. The third-order valence-corrected chi connectivity index (χ3v) is 3.31. The predicted molar refractivity (Wildman–Crippen MR) is 81.5 cm³/mol. The van der Waals surface area contributed by atoms with Gasteiger partial charge in [0.15, 0.2) is 0 Å². The molecule has 0 aliphatic rings. The molecule has 0 saturated carbocycles. The Balaban J connectivity index is 2.39. The molecular formula is C17H27NO2. The van der Waals surface area contributed by atoms with E-state index in [0.29, 0.717) is 0 Å². The fourth-order valence-electron chi connectivity index (χ4n) is 2.32. The van der Waals surface area contributed by atoms with Crippen LogP contribution in [-0.4, -0.2) is 11.0 Å². The molecule has 20 heavy (non-hydrogen) atoms. The lowest BCUT2D eigenvalue weighted by Gasteiger charge is -2.07.